The van der Waals surface area contributed by atoms with Crippen molar-refractivity contribution in [2.24, 2.45) is 11.7 Å². The van der Waals surface area contributed by atoms with Crippen molar-refractivity contribution in [1.29, 1.82) is 0 Å². The SMILES string of the molecule is CC(C)CCn1cc(C(=O)Nc2cccc(S(=O)(=O)NCCN)c2)nn1.Cl. The molecule has 150 valence electrons. The molecular formula is C16H25ClN6O3S. The van der Waals surface area contributed by atoms with Crippen LogP contribution in [0.15, 0.2) is 35.4 Å². The minimum absolute atomic E-state index is 0. The van der Waals surface area contributed by atoms with Crippen molar-refractivity contribution in [1.82, 2.24) is 19.7 Å². The van der Waals surface area contributed by atoms with E-state index in [1.807, 2.05) is 0 Å². The summed E-state index contributed by atoms with van der Waals surface area (Å²) >= 11 is 0. The third kappa shape index (κ3) is 6.90. The molecular weight excluding hydrogens is 392 g/mol. The molecule has 0 spiro atoms. The van der Waals surface area contributed by atoms with Crippen molar-refractivity contribution in [2.45, 2.75) is 31.7 Å². The number of hydrogen-bond acceptors (Lipinski definition) is 6. The van der Waals surface area contributed by atoms with Gasteiger partial charge in [0.25, 0.3) is 5.91 Å². The number of aryl methyl sites for hydroxylation is 1. The lowest BCUT2D eigenvalue weighted by molar-refractivity contribution is 0.102. The average Bonchev–Trinajstić information content (AvgIpc) is 3.08. The smallest absolute Gasteiger partial charge is 0.277 e. The van der Waals surface area contributed by atoms with Crippen molar-refractivity contribution in [3.05, 3.63) is 36.2 Å². The first kappa shape index (κ1) is 23.0. The summed E-state index contributed by atoms with van der Waals surface area (Å²) in [5.74, 6) is 0.0688. The molecule has 0 aliphatic heterocycles. The van der Waals surface area contributed by atoms with Crippen LogP contribution < -0.4 is 15.8 Å². The zero-order chi connectivity index (χ0) is 19.2. The second-order valence-corrected chi connectivity index (χ2v) is 7.98. The van der Waals surface area contributed by atoms with Gasteiger partial charge < -0.3 is 11.1 Å². The van der Waals surface area contributed by atoms with E-state index < -0.39 is 15.9 Å². The topological polar surface area (TPSA) is 132 Å². The summed E-state index contributed by atoms with van der Waals surface area (Å²) in [6, 6.07) is 5.96. The molecule has 2 aromatic rings. The third-order valence-corrected chi connectivity index (χ3v) is 5.00. The molecule has 0 bridgehead atoms. The molecule has 1 heterocycles. The summed E-state index contributed by atoms with van der Waals surface area (Å²) < 4.78 is 28.2. The first-order chi connectivity index (χ1) is 12.3. The standard InChI is InChI=1S/C16H24N6O3S.ClH/c1-12(2)6-9-22-11-15(20-21-22)16(23)19-13-4-3-5-14(10-13)26(24,25)18-8-7-17;/h3-5,10-12,18H,6-9,17H2,1-2H3,(H,19,23);1H. The monoisotopic (exact) mass is 416 g/mol. The molecule has 0 aliphatic carbocycles. The number of aromatic nitrogens is 3. The first-order valence-corrected chi connectivity index (χ1v) is 9.81. The highest BCUT2D eigenvalue weighted by Crippen LogP contribution is 2.16. The van der Waals surface area contributed by atoms with Crippen LogP contribution in [-0.4, -0.2) is 42.4 Å². The van der Waals surface area contributed by atoms with Crippen molar-refractivity contribution >= 4 is 34.0 Å². The van der Waals surface area contributed by atoms with Gasteiger partial charge in [-0.15, -0.1) is 17.5 Å². The fourth-order valence-electron chi connectivity index (χ4n) is 2.11. The molecule has 11 heteroatoms. The number of nitrogens with zero attached hydrogens (tertiary/aromatic N) is 3. The maximum absolute atomic E-state index is 12.3. The van der Waals surface area contributed by atoms with Crippen LogP contribution in [0.1, 0.15) is 30.8 Å². The number of sulfonamides is 1. The summed E-state index contributed by atoms with van der Waals surface area (Å²) in [5, 5.41) is 10.4. The van der Waals surface area contributed by atoms with E-state index in [-0.39, 0.29) is 36.1 Å². The quantitative estimate of drug-likeness (QED) is 0.563. The van der Waals surface area contributed by atoms with Crippen LogP contribution in [0.4, 0.5) is 5.69 Å². The van der Waals surface area contributed by atoms with Crippen molar-refractivity contribution < 1.29 is 13.2 Å². The van der Waals surface area contributed by atoms with Crippen LogP contribution in [-0.2, 0) is 16.6 Å². The molecule has 0 unspecified atom stereocenters. The lowest BCUT2D eigenvalue weighted by Crippen LogP contribution is -2.29. The van der Waals surface area contributed by atoms with E-state index in [0.717, 1.165) is 6.42 Å². The van der Waals surface area contributed by atoms with Gasteiger partial charge in [-0.3, -0.25) is 9.48 Å². The zero-order valence-electron chi connectivity index (χ0n) is 15.3. The van der Waals surface area contributed by atoms with E-state index in [9.17, 15) is 13.2 Å². The van der Waals surface area contributed by atoms with Gasteiger partial charge in [0.15, 0.2) is 5.69 Å². The highest BCUT2D eigenvalue weighted by atomic mass is 35.5. The van der Waals surface area contributed by atoms with Crippen molar-refractivity contribution in [3.8, 4) is 0 Å². The lowest BCUT2D eigenvalue weighted by Gasteiger charge is -2.08. The van der Waals surface area contributed by atoms with E-state index in [2.05, 4.69) is 34.2 Å². The highest BCUT2D eigenvalue weighted by Gasteiger charge is 2.15. The molecule has 0 aliphatic rings. The Balaban J connectivity index is 0.00000364. The van der Waals surface area contributed by atoms with Gasteiger partial charge in [0.05, 0.1) is 11.1 Å². The Kier molecular flexibility index (Phi) is 8.83. The normalized spacial score (nSPS) is 11.3. The Bertz CT molecular complexity index is 853. The van der Waals surface area contributed by atoms with Gasteiger partial charge in [-0.2, -0.15) is 0 Å². The van der Waals surface area contributed by atoms with Crippen molar-refractivity contribution in [3.63, 3.8) is 0 Å². The van der Waals surface area contributed by atoms with Crippen LogP contribution in [0.2, 0.25) is 0 Å². The lowest BCUT2D eigenvalue weighted by atomic mass is 10.1. The second kappa shape index (κ2) is 10.4. The molecule has 0 fully saturated rings. The Morgan fingerprint density at radius 3 is 2.74 bits per heavy atom. The first-order valence-electron chi connectivity index (χ1n) is 8.33. The van der Waals surface area contributed by atoms with Crippen LogP contribution in [0, 0.1) is 5.92 Å². The summed E-state index contributed by atoms with van der Waals surface area (Å²) in [5.41, 5.74) is 5.83. The molecule has 1 amide bonds. The number of amides is 1. The Morgan fingerprint density at radius 2 is 2.07 bits per heavy atom. The summed E-state index contributed by atoms with van der Waals surface area (Å²) in [6.45, 7) is 5.22. The van der Waals surface area contributed by atoms with Gasteiger partial charge in [0, 0.05) is 25.3 Å². The number of benzene rings is 1. The molecule has 1 aromatic carbocycles. The van der Waals surface area contributed by atoms with E-state index in [0.29, 0.717) is 18.2 Å². The minimum atomic E-state index is -3.67. The van der Waals surface area contributed by atoms with Crippen LogP contribution >= 0.6 is 12.4 Å². The second-order valence-electron chi connectivity index (χ2n) is 6.22. The number of carbonyl (C=O) groups is 1. The van der Waals surface area contributed by atoms with Gasteiger partial charge in [-0.1, -0.05) is 25.1 Å². The van der Waals surface area contributed by atoms with Gasteiger partial charge in [-0.05, 0) is 30.5 Å². The van der Waals surface area contributed by atoms with E-state index in [4.69, 9.17) is 5.73 Å². The summed E-state index contributed by atoms with van der Waals surface area (Å²) in [4.78, 5) is 12.3. The molecule has 9 nitrogen and oxygen atoms in total. The molecule has 4 N–H and O–H groups in total. The van der Waals surface area contributed by atoms with Gasteiger partial charge in [-0.25, -0.2) is 13.1 Å². The number of anilines is 1. The van der Waals surface area contributed by atoms with Crippen LogP contribution in [0.25, 0.3) is 0 Å². The van der Waals surface area contributed by atoms with Gasteiger partial charge in [0.1, 0.15) is 0 Å². The van der Waals surface area contributed by atoms with Crippen molar-refractivity contribution in [2.75, 3.05) is 18.4 Å². The van der Waals surface area contributed by atoms with Gasteiger partial charge in [0.2, 0.25) is 10.0 Å². The molecule has 0 atom stereocenters. The maximum Gasteiger partial charge on any atom is 0.277 e. The fraction of sp³-hybridized carbons (Fsp3) is 0.438. The van der Waals surface area contributed by atoms with Gasteiger partial charge >= 0.3 is 0 Å². The number of nitrogens with one attached hydrogen (secondary N) is 2. The number of rotatable bonds is 9. The Labute approximate surface area is 165 Å². The fourth-order valence-corrected chi connectivity index (χ4v) is 3.21. The summed E-state index contributed by atoms with van der Waals surface area (Å²) in [6.07, 6.45) is 2.50. The predicted octanol–water partition coefficient (Wildman–Crippen LogP) is 1.24. The minimum Gasteiger partial charge on any atom is -0.329 e. The van der Waals surface area contributed by atoms with Crippen LogP contribution in [0.5, 0.6) is 0 Å². The average molecular weight is 417 g/mol. The zero-order valence-corrected chi connectivity index (χ0v) is 16.9. The molecule has 0 radical (unpaired) electrons. The number of carbonyl (C=O) groups excluding carboxylic acids is 1. The molecule has 0 saturated heterocycles. The van der Waals surface area contributed by atoms with E-state index in [1.54, 1.807) is 23.0 Å². The Morgan fingerprint density at radius 1 is 1.33 bits per heavy atom. The number of hydrogen-bond donors (Lipinski definition) is 3. The van der Waals surface area contributed by atoms with E-state index >= 15 is 0 Å². The molecule has 0 saturated carbocycles. The van der Waals surface area contributed by atoms with E-state index in [1.165, 1.54) is 12.1 Å². The predicted molar refractivity (Wildman–Crippen MR) is 105 cm³/mol. The Hall–Kier alpha value is -2.01. The van der Waals surface area contributed by atoms with Crippen LogP contribution in [0.3, 0.4) is 0 Å². The number of nitrogens with two attached hydrogens (primary N) is 1. The molecule has 1 aromatic heterocycles. The number of halogens is 1. The highest BCUT2D eigenvalue weighted by molar-refractivity contribution is 7.89. The maximum atomic E-state index is 12.3. The largest absolute Gasteiger partial charge is 0.329 e. The third-order valence-electron chi connectivity index (χ3n) is 3.55. The summed E-state index contributed by atoms with van der Waals surface area (Å²) in [7, 11) is -3.67. The molecule has 27 heavy (non-hydrogen) atoms. The molecule has 2 rings (SSSR count).